The largest absolute Gasteiger partial charge is 0.456 e. The number of hydrogen-bond acceptors (Lipinski definition) is 4. The summed E-state index contributed by atoms with van der Waals surface area (Å²) in [6.07, 6.45) is 2.59. The molecule has 0 atom stereocenters. The Kier molecular flexibility index (Phi) is 6.60. The zero-order chi connectivity index (χ0) is 20.0. The number of aromatic amines is 1. The number of rotatable bonds is 7. The van der Waals surface area contributed by atoms with Gasteiger partial charge in [0.1, 0.15) is 0 Å². The van der Waals surface area contributed by atoms with Crippen LogP contribution in [-0.4, -0.2) is 53.4 Å². The van der Waals surface area contributed by atoms with Crippen LogP contribution in [0, 0.1) is 0 Å². The Bertz CT molecular complexity index is 820. The average Bonchev–Trinajstić information content (AvgIpc) is 2.99. The normalized spacial score (nSPS) is 11.3. The molecule has 0 spiro atoms. The van der Waals surface area contributed by atoms with Gasteiger partial charge in [0, 0.05) is 36.1 Å². The topological polar surface area (TPSA) is 91.5 Å². The summed E-state index contributed by atoms with van der Waals surface area (Å²) >= 11 is 0. The Morgan fingerprint density at radius 1 is 1.19 bits per heavy atom. The summed E-state index contributed by atoms with van der Waals surface area (Å²) < 4.78 is 5.05. The highest BCUT2D eigenvalue weighted by Crippen LogP contribution is 2.19. The Hall–Kier alpha value is -2.83. The van der Waals surface area contributed by atoms with E-state index in [2.05, 4.69) is 10.3 Å². The van der Waals surface area contributed by atoms with Gasteiger partial charge in [0.2, 0.25) is 5.91 Å². The number of benzene rings is 1. The third-order valence-electron chi connectivity index (χ3n) is 3.95. The number of amides is 2. The van der Waals surface area contributed by atoms with Crippen molar-refractivity contribution >= 4 is 28.7 Å². The monoisotopic (exact) mass is 373 g/mol. The predicted octanol–water partition coefficient (Wildman–Crippen LogP) is 2.02. The van der Waals surface area contributed by atoms with Crippen LogP contribution < -0.4 is 5.32 Å². The molecule has 27 heavy (non-hydrogen) atoms. The van der Waals surface area contributed by atoms with E-state index in [4.69, 9.17) is 4.74 Å². The van der Waals surface area contributed by atoms with E-state index < -0.39 is 11.9 Å². The molecule has 1 aromatic heterocycles. The van der Waals surface area contributed by atoms with Gasteiger partial charge in [-0.15, -0.1) is 0 Å². The van der Waals surface area contributed by atoms with Gasteiger partial charge in [-0.3, -0.25) is 14.4 Å². The molecular formula is C20H27N3O4. The number of carbonyl (C=O) groups is 3. The first-order valence-corrected chi connectivity index (χ1v) is 8.91. The van der Waals surface area contributed by atoms with Crippen molar-refractivity contribution in [1.82, 2.24) is 15.2 Å². The number of nitrogens with zero attached hydrogens (tertiary/aromatic N) is 1. The molecule has 0 aliphatic rings. The maximum Gasteiger partial charge on any atom is 0.306 e. The zero-order valence-electron chi connectivity index (χ0n) is 16.3. The highest BCUT2D eigenvalue weighted by Gasteiger charge is 2.18. The maximum atomic E-state index is 12.0. The molecule has 2 rings (SSSR count). The van der Waals surface area contributed by atoms with Gasteiger partial charge in [-0.2, -0.15) is 0 Å². The summed E-state index contributed by atoms with van der Waals surface area (Å²) in [4.78, 5) is 40.2. The van der Waals surface area contributed by atoms with Crippen molar-refractivity contribution in [3.05, 3.63) is 36.0 Å². The summed E-state index contributed by atoms with van der Waals surface area (Å²) in [5.41, 5.74) is 1.69. The fourth-order valence-corrected chi connectivity index (χ4v) is 2.66. The van der Waals surface area contributed by atoms with E-state index in [1.54, 1.807) is 0 Å². The second-order valence-corrected chi connectivity index (χ2v) is 7.57. The summed E-state index contributed by atoms with van der Waals surface area (Å²) in [6, 6.07) is 7.86. The minimum atomic E-state index is -0.443. The van der Waals surface area contributed by atoms with E-state index in [1.807, 2.05) is 51.2 Å². The van der Waals surface area contributed by atoms with Crippen LogP contribution >= 0.6 is 0 Å². The average molecular weight is 373 g/mol. The van der Waals surface area contributed by atoms with Gasteiger partial charge >= 0.3 is 5.97 Å². The molecule has 1 aromatic carbocycles. The zero-order valence-corrected chi connectivity index (χ0v) is 16.3. The molecule has 2 aromatic rings. The van der Waals surface area contributed by atoms with E-state index in [1.165, 1.54) is 11.9 Å². The van der Waals surface area contributed by atoms with Crippen molar-refractivity contribution < 1.29 is 19.1 Å². The summed E-state index contributed by atoms with van der Waals surface area (Å²) in [6.45, 7) is 5.14. The lowest BCUT2D eigenvalue weighted by atomic mass is 10.1. The quantitative estimate of drug-likeness (QED) is 0.727. The van der Waals surface area contributed by atoms with E-state index in [9.17, 15) is 14.4 Å². The molecule has 7 nitrogen and oxygen atoms in total. The SMILES string of the molecule is CN(CC(=O)NC(C)(C)C)C(=O)COC(=O)CCc1c[nH]c2ccccc12. The summed E-state index contributed by atoms with van der Waals surface area (Å²) in [5, 5.41) is 3.85. The minimum absolute atomic E-state index is 0.0804. The Balaban J connectivity index is 1.74. The molecule has 0 bridgehead atoms. The van der Waals surface area contributed by atoms with Gasteiger partial charge in [-0.1, -0.05) is 18.2 Å². The number of H-pyrrole nitrogens is 1. The molecule has 7 heteroatoms. The van der Waals surface area contributed by atoms with Gasteiger partial charge in [0.15, 0.2) is 6.61 Å². The van der Waals surface area contributed by atoms with Gasteiger partial charge < -0.3 is 19.9 Å². The molecule has 2 amide bonds. The third kappa shape index (κ3) is 6.44. The van der Waals surface area contributed by atoms with Gasteiger partial charge in [0.25, 0.3) is 5.91 Å². The van der Waals surface area contributed by atoms with E-state index in [0.29, 0.717) is 6.42 Å². The highest BCUT2D eigenvalue weighted by atomic mass is 16.5. The number of aryl methyl sites for hydroxylation is 1. The molecule has 0 aliphatic heterocycles. The fourth-order valence-electron chi connectivity index (χ4n) is 2.66. The van der Waals surface area contributed by atoms with Crippen LogP contribution in [0.2, 0.25) is 0 Å². The van der Waals surface area contributed by atoms with Gasteiger partial charge in [-0.05, 0) is 38.8 Å². The summed E-state index contributed by atoms with van der Waals surface area (Å²) in [5.74, 6) is -1.12. The van der Waals surface area contributed by atoms with Crippen molar-refractivity contribution in [2.45, 2.75) is 39.2 Å². The molecule has 0 saturated heterocycles. The molecule has 2 N–H and O–H groups in total. The molecule has 0 unspecified atom stereocenters. The van der Waals surface area contributed by atoms with Crippen molar-refractivity contribution in [3.63, 3.8) is 0 Å². The van der Waals surface area contributed by atoms with Crippen LogP contribution in [0.3, 0.4) is 0 Å². The molecule has 0 radical (unpaired) electrons. The van der Waals surface area contributed by atoms with Crippen molar-refractivity contribution in [1.29, 1.82) is 0 Å². The van der Waals surface area contributed by atoms with Crippen LogP contribution in [0.4, 0.5) is 0 Å². The number of ether oxygens (including phenoxy) is 1. The molecular weight excluding hydrogens is 346 g/mol. The van der Waals surface area contributed by atoms with Gasteiger partial charge in [0.05, 0.1) is 6.54 Å². The Morgan fingerprint density at radius 2 is 1.89 bits per heavy atom. The van der Waals surface area contributed by atoms with Crippen LogP contribution in [-0.2, 0) is 25.5 Å². The number of fused-ring (bicyclic) bond motifs is 1. The number of carbonyl (C=O) groups excluding carboxylic acids is 3. The van der Waals surface area contributed by atoms with E-state index in [-0.39, 0.29) is 31.0 Å². The Morgan fingerprint density at radius 3 is 2.59 bits per heavy atom. The first kappa shape index (κ1) is 20.5. The van der Waals surface area contributed by atoms with Gasteiger partial charge in [-0.25, -0.2) is 0 Å². The maximum absolute atomic E-state index is 12.0. The number of para-hydroxylation sites is 1. The number of likely N-dealkylation sites (N-methyl/N-ethyl adjacent to an activating group) is 1. The van der Waals surface area contributed by atoms with Crippen LogP contribution in [0.25, 0.3) is 10.9 Å². The van der Waals surface area contributed by atoms with Crippen LogP contribution in [0.5, 0.6) is 0 Å². The van der Waals surface area contributed by atoms with Crippen molar-refractivity contribution in [2.75, 3.05) is 20.2 Å². The number of aromatic nitrogens is 1. The second-order valence-electron chi connectivity index (χ2n) is 7.57. The van der Waals surface area contributed by atoms with E-state index >= 15 is 0 Å². The smallest absolute Gasteiger partial charge is 0.306 e. The predicted molar refractivity (Wildman–Crippen MR) is 103 cm³/mol. The highest BCUT2D eigenvalue weighted by molar-refractivity contribution is 5.87. The third-order valence-corrected chi connectivity index (χ3v) is 3.95. The van der Waals surface area contributed by atoms with Crippen LogP contribution in [0.15, 0.2) is 30.5 Å². The Labute approximate surface area is 159 Å². The molecule has 146 valence electrons. The molecule has 0 saturated carbocycles. The lowest BCUT2D eigenvalue weighted by molar-refractivity contribution is -0.152. The van der Waals surface area contributed by atoms with Crippen molar-refractivity contribution in [2.24, 2.45) is 0 Å². The lowest BCUT2D eigenvalue weighted by Crippen LogP contribution is -2.46. The lowest BCUT2D eigenvalue weighted by Gasteiger charge is -2.23. The van der Waals surface area contributed by atoms with E-state index in [0.717, 1.165) is 16.5 Å². The fraction of sp³-hybridized carbons (Fsp3) is 0.450. The molecule has 1 heterocycles. The minimum Gasteiger partial charge on any atom is -0.456 e. The van der Waals surface area contributed by atoms with Crippen LogP contribution in [0.1, 0.15) is 32.8 Å². The number of hydrogen-bond donors (Lipinski definition) is 2. The second kappa shape index (κ2) is 8.70. The first-order valence-electron chi connectivity index (χ1n) is 8.91. The summed E-state index contributed by atoms with van der Waals surface area (Å²) in [7, 11) is 1.50. The molecule has 0 aliphatic carbocycles. The van der Waals surface area contributed by atoms with Crippen molar-refractivity contribution in [3.8, 4) is 0 Å². The standard InChI is InChI=1S/C20H27N3O4/c1-20(2,3)22-17(24)12-23(4)18(25)13-27-19(26)10-9-14-11-21-16-8-6-5-7-15(14)16/h5-8,11,21H,9-10,12-13H2,1-4H3,(H,22,24). The number of nitrogens with one attached hydrogen (secondary N) is 2. The molecule has 0 fully saturated rings. The number of esters is 1. The first-order chi connectivity index (χ1) is 12.7.